The van der Waals surface area contributed by atoms with E-state index in [1.807, 2.05) is 30.3 Å². The van der Waals surface area contributed by atoms with E-state index < -0.39 is 5.54 Å². The second-order valence-corrected chi connectivity index (χ2v) is 7.18. The average molecular weight is 353 g/mol. The lowest BCUT2D eigenvalue weighted by Crippen LogP contribution is -2.56. The van der Waals surface area contributed by atoms with E-state index in [2.05, 4.69) is 27.2 Å². The van der Waals surface area contributed by atoms with E-state index in [9.17, 15) is 9.18 Å². The second kappa shape index (κ2) is 7.08. The highest BCUT2D eigenvalue weighted by Gasteiger charge is 2.50. The van der Waals surface area contributed by atoms with Gasteiger partial charge in [-0.1, -0.05) is 30.3 Å². The molecule has 0 unspecified atom stereocenters. The number of para-hydroxylation sites is 1. The first-order valence-electron chi connectivity index (χ1n) is 9.25. The van der Waals surface area contributed by atoms with Crippen molar-refractivity contribution in [1.82, 2.24) is 10.2 Å². The molecule has 5 heteroatoms. The Morgan fingerprint density at radius 2 is 1.69 bits per heavy atom. The highest BCUT2D eigenvalue weighted by Crippen LogP contribution is 2.36. The maximum Gasteiger partial charge on any atom is 0.247 e. The summed E-state index contributed by atoms with van der Waals surface area (Å²) in [5.41, 5.74) is 1.83. The number of likely N-dealkylation sites (tertiary alicyclic amines) is 1. The Morgan fingerprint density at radius 1 is 1.00 bits per heavy atom. The van der Waals surface area contributed by atoms with Crippen molar-refractivity contribution in [3.05, 3.63) is 66.0 Å². The number of rotatable bonds is 4. The summed E-state index contributed by atoms with van der Waals surface area (Å²) >= 11 is 0. The summed E-state index contributed by atoms with van der Waals surface area (Å²) in [4.78, 5) is 17.3. The third-order valence-electron chi connectivity index (χ3n) is 5.72. The SMILES string of the molecule is O=C1NCN(c2ccccc2)C12CCN(CCc1ccc(F)cc1)CC2. The van der Waals surface area contributed by atoms with Crippen LogP contribution in [0.25, 0.3) is 0 Å². The fourth-order valence-corrected chi connectivity index (χ4v) is 4.12. The van der Waals surface area contributed by atoms with E-state index in [1.165, 1.54) is 12.1 Å². The normalized spacial score (nSPS) is 19.7. The molecule has 2 aliphatic rings. The summed E-state index contributed by atoms with van der Waals surface area (Å²) in [5.74, 6) is -0.0403. The van der Waals surface area contributed by atoms with Crippen LogP contribution in [0.15, 0.2) is 54.6 Å². The zero-order valence-electron chi connectivity index (χ0n) is 14.8. The zero-order valence-corrected chi connectivity index (χ0v) is 14.8. The quantitative estimate of drug-likeness (QED) is 0.918. The van der Waals surface area contributed by atoms with Crippen molar-refractivity contribution >= 4 is 11.6 Å². The van der Waals surface area contributed by atoms with Crippen LogP contribution in [0.5, 0.6) is 0 Å². The molecule has 0 aromatic heterocycles. The van der Waals surface area contributed by atoms with Gasteiger partial charge in [-0.15, -0.1) is 0 Å². The van der Waals surface area contributed by atoms with Gasteiger partial charge in [0.2, 0.25) is 5.91 Å². The van der Waals surface area contributed by atoms with Crippen LogP contribution in [0.1, 0.15) is 18.4 Å². The van der Waals surface area contributed by atoms with Gasteiger partial charge in [0.15, 0.2) is 0 Å². The first-order chi connectivity index (χ1) is 12.7. The Bertz CT molecular complexity index is 755. The van der Waals surface area contributed by atoms with Crippen molar-refractivity contribution in [3.63, 3.8) is 0 Å². The van der Waals surface area contributed by atoms with E-state index in [1.54, 1.807) is 0 Å². The molecule has 0 atom stereocenters. The Kier molecular flexibility index (Phi) is 4.64. The molecule has 0 saturated carbocycles. The second-order valence-electron chi connectivity index (χ2n) is 7.18. The van der Waals surface area contributed by atoms with Crippen molar-refractivity contribution in [2.45, 2.75) is 24.8 Å². The number of amides is 1. The number of halogens is 1. The van der Waals surface area contributed by atoms with Crippen LogP contribution in [-0.2, 0) is 11.2 Å². The number of nitrogens with zero attached hydrogens (tertiary/aromatic N) is 2. The summed E-state index contributed by atoms with van der Waals surface area (Å²) in [6, 6.07) is 16.9. The number of carbonyl (C=O) groups is 1. The van der Waals surface area contributed by atoms with Crippen molar-refractivity contribution in [2.24, 2.45) is 0 Å². The first-order valence-corrected chi connectivity index (χ1v) is 9.25. The number of nitrogens with one attached hydrogen (secondary N) is 1. The van der Waals surface area contributed by atoms with Gasteiger partial charge in [0, 0.05) is 25.3 Å². The first kappa shape index (κ1) is 17.0. The number of piperidine rings is 1. The van der Waals surface area contributed by atoms with Crippen LogP contribution < -0.4 is 10.2 Å². The Morgan fingerprint density at radius 3 is 2.38 bits per heavy atom. The topological polar surface area (TPSA) is 35.6 Å². The molecule has 2 saturated heterocycles. The minimum absolute atomic E-state index is 0.152. The predicted octanol–water partition coefficient (Wildman–Crippen LogP) is 2.80. The minimum atomic E-state index is -0.423. The maximum atomic E-state index is 13.0. The maximum absolute atomic E-state index is 13.0. The molecule has 2 aromatic carbocycles. The number of hydrogen-bond acceptors (Lipinski definition) is 3. The van der Waals surface area contributed by atoms with Crippen LogP contribution in [-0.4, -0.2) is 42.6 Å². The predicted molar refractivity (Wildman–Crippen MR) is 100 cm³/mol. The largest absolute Gasteiger partial charge is 0.339 e. The molecule has 0 radical (unpaired) electrons. The van der Waals surface area contributed by atoms with Crippen molar-refractivity contribution < 1.29 is 9.18 Å². The lowest BCUT2D eigenvalue weighted by atomic mass is 9.85. The van der Waals surface area contributed by atoms with E-state index in [-0.39, 0.29) is 11.7 Å². The molecule has 2 fully saturated rings. The van der Waals surface area contributed by atoms with Crippen molar-refractivity contribution in [3.8, 4) is 0 Å². The third kappa shape index (κ3) is 3.19. The molecule has 2 heterocycles. The Balaban J connectivity index is 1.39. The van der Waals surface area contributed by atoms with Crippen LogP contribution in [0.2, 0.25) is 0 Å². The van der Waals surface area contributed by atoms with E-state index in [0.29, 0.717) is 6.67 Å². The highest BCUT2D eigenvalue weighted by molar-refractivity contribution is 5.93. The molecule has 26 heavy (non-hydrogen) atoms. The molecular weight excluding hydrogens is 329 g/mol. The summed E-state index contributed by atoms with van der Waals surface area (Å²) in [5, 5.41) is 3.04. The van der Waals surface area contributed by atoms with Crippen molar-refractivity contribution in [1.29, 1.82) is 0 Å². The van der Waals surface area contributed by atoms with Crippen molar-refractivity contribution in [2.75, 3.05) is 31.2 Å². The lowest BCUT2D eigenvalue weighted by Gasteiger charge is -2.43. The van der Waals surface area contributed by atoms with Crippen LogP contribution in [0.3, 0.4) is 0 Å². The van der Waals surface area contributed by atoms with Gasteiger partial charge in [0.05, 0.1) is 6.67 Å². The summed E-state index contributed by atoms with van der Waals surface area (Å²) in [7, 11) is 0. The fourth-order valence-electron chi connectivity index (χ4n) is 4.12. The molecule has 1 spiro atoms. The molecular formula is C21H24FN3O. The van der Waals surface area contributed by atoms with Gasteiger partial charge in [-0.25, -0.2) is 4.39 Å². The van der Waals surface area contributed by atoms with Gasteiger partial charge < -0.3 is 15.1 Å². The summed E-state index contributed by atoms with van der Waals surface area (Å²) < 4.78 is 13.0. The van der Waals surface area contributed by atoms with Gasteiger partial charge in [-0.05, 0) is 49.1 Å². The van der Waals surface area contributed by atoms with Crippen LogP contribution in [0, 0.1) is 5.82 Å². The molecule has 0 bridgehead atoms. The number of carbonyl (C=O) groups excluding carboxylic acids is 1. The standard InChI is InChI=1S/C21H24FN3O/c22-18-8-6-17(7-9-18)10-13-24-14-11-21(12-15-24)20(26)23-16-25(21)19-4-2-1-3-5-19/h1-9H,10-16H2,(H,23,26). The smallest absolute Gasteiger partial charge is 0.247 e. The minimum Gasteiger partial charge on any atom is -0.339 e. The van der Waals surface area contributed by atoms with Gasteiger partial charge in [0.1, 0.15) is 11.4 Å². The zero-order chi connectivity index (χ0) is 18.0. The molecule has 0 aliphatic carbocycles. The van der Waals surface area contributed by atoms with Gasteiger partial charge in [-0.2, -0.15) is 0 Å². The molecule has 1 amide bonds. The Labute approximate surface area is 153 Å². The third-order valence-corrected chi connectivity index (χ3v) is 5.72. The molecule has 2 aromatic rings. The summed E-state index contributed by atoms with van der Waals surface area (Å²) in [6.45, 7) is 3.32. The van der Waals surface area contributed by atoms with Gasteiger partial charge >= 0.3 is 0 Å². The molecule has 4 nitrogen and oxygen atoms in total. The molecule has 136 valence electrons. The van der Waals surface area contributed by atoms with E-state index in [4.69, 9.17) is 0 Å². The monoisotopic (exact) mass is 353 g/mol. The highest BCUT2D eigenvalue weighted by atomic mass is 19.1. The molecule has 1 N–H and O–H groups in total. The lowest BCUT2D eigenvalue weighted by molar-refractivity contribution is -0.125. The van der Waals surface area contributed by atoms with Gasteiger partial charge in [-0.3, -0.25) is 4.79 Å². The van der Waals surface area contributed by atoms with E-state index >= 15 is 0 Å². The molecule has 2 aliphatic heterocycles. The number of hydrogen-bond donors (Lipinski definition) is 1. The van der Waals surface area contributed by atoms with E-state index in [0.717, 1.165) is 50.1 Å². The average Bonchev–Trinajstić information content (AvgIpc) is 2.99. The van der Waals surface area contributed by atoms with Gasteiger partial charge in [0.25, 0.3) is 0 Å². The number of benzene rings is 2. The van der Waals surface area contributed by atoms with Crippen LogP contribution >= 0.6 is 0 Å². The van der Waals surface area contributed by atoms with Crippen LogP contribution in [0.4, 0.5) is 10.1 Å². The Hall–Kier alpha value is -2.40. The summed E-state index contributed by atoms with van der Waals surface area (Å²) in [6.07, 6.45) is 2.57. The fraction of sp³-hybridized carbons (Fsp3) is 0.381. The molecule has 4 rings (SSSR count). The number of anilines is 1.